The predicted octanol–water partition coefficient (Wildman–Crippen LogP) is 2.99. The molecule has 18 heavy (non-hydrogen) atoms. The number of ether oxygens (including phenoxy) is 1. The van der Waals surface area contributed by atoms with Gasteiger partial charge in [-0.05, 0) is 24.6 Å². The summed E-state index contributed by atoms with van der Waals surface area (Å²) < 4.78 is 5.28. The first-order chi connectivity index (χ1) is 8.79. The summed E-state index contributed by atoms with van der Waals surface area (Å²) in [4.78, 5) is 12.0. The highest BCUT2D eigenvalue weighted by molar-refractivity contribution is 7.99. The van der Waals surface area contributed by atoms with Crippen LogP contribution in [0.3, 0.4) is 0 Å². The van der Waals surface area contributed by atoms with Crippen LogP contribution >= 0.6 is 11.8 Å². The number of aryl methyl sites for hydroxylation is 1. The molecular weight excluding hydrogens is 246 g/mol. The van der Waals surface area contributed by atoms with E-state index in [0.717, 1.165) is 16.5 Å². The van der Waals surface area contributed by atoms with Gasteiger partial charge in [-0.1, -0.05) is 17.8 Å². The second kappa shape index (κ2) is 4.59. The molecule has 0 radical (unpaired) electrons. The van der Waals surface area contributed by atoms with Crippen LogP contribution in [0.2, 0.25) is 0 Å². The fourth-order valence-electron chi connectivity index (χ4n) is 1.98. The summed E-state index contributed by atoms with van der Waals surface area (Å²) in [6.07, 6.45) is 3.43. The van der Waals surface area contributed by atoms with Crippen molar-refractivity contribution in [1.82, 2.24) is 9.97 Å². The monoisotopic (exact) mass is 259 g/mol. The van der Waals surface area contributed by atoms with E-state index in [1.54, 1.807) is 31.3 Å². The summed E-state index contributed by atoms with van der Waals surface area (Å²) in [7, 11) is 1.69. The molecule has 2 heterocycles. The Bertz CT molecular complexity index is 588. The van der Waals surface area contributed by atoms with E-state index in [1.807, 2.05) is 0 Å². The number of benzene rings is 1. The van der Waals surface area contributed by atoms with Crippen molar-refractivity contribution in [2.75, 3.05) is 18.7 Å². The highest BCUT2D eigenvalue weighted by atomic mass is 32.2. The minimum atomic E-state index is 0.475. The fraction of sp³-hybridized carbons (Fsp3) is 0.231. The number of hydrogen-bond acceptors (Lipinski definition) is 5. The van der Waals surface area contributed by atoms with Crippen molar-refractivity contribution in [1.29, 1.82) is 0 Å². The molecule has 92 valence electrons. The summed E-state index contributed by atoms with van der Waals surface area (Å²) in [6.45, 7) is 2.56. The first-order valence-corrected chi connectivity index (χ1v) is 6.47. The number of methoxy groups -OCH3 is 1. The molecule has 0 aliphatic carbocycles. The maximum absolute atomic E-state index is 5.28. The van der Waals surface area contributed by atoms with Gasteiger partial charge in [0.15, 0.2) is 5.82 Å². The van der Waals surface area contributed by atoms with E-state index in [0.29, 0.717) is 6.73 Å². The molecule has 0 N–H and O–H groups in total. The highest BCUT2D eigenvalue weighted by Crippen LogP contribution is 2.45. The number of anilines is 2. The van der Waals surface area contributed by atoms with Crippen LogP contribution in [0.5, 0.6) is 0 Å². The molecule has 2 aromatic rings. The molecule has 3 rings (SSSR count). The van der Waals surface area contributed by atoms with E-state index < -0.39 is 0 Å². The zero-order chi connectivity index (χ0) is 12.5. The molecule has 5 heteroatoms. The van der Waals surface area contributed by atoms with Crippen LogP contribution in [-0.4, -0.2) is 23.8 Å². The normalized spacial score (nSPS) is 13.1. The Hall–Kier alpha value is -1.59. The van der Waals surface area contributed by atoms with Crippen LogP contribution in [0.15, 0.2) is 40.5 Å². The van der Waals surface area contributed by atoms with Gasteiger partial charge >= 0.3 is 0 Å². The molecule has 0 fully saturated rings. The zero-order valence-corrected chi connectivity index (χ0v) is 11.1. The number of fused-ring (bicyclic) bond motifs is 2. The van der Waals surface area contributed by atoms with E-state index in [4.69, 9.17) is 4.74 Å². The standard InChI is InChI=1S/C13H13N3OS/c1-9-3-4-11-10(7-9)16(8-17-2)12-13(18-11)15-6-5-14-12/h3-7H,8H2,1-2H3. The molecule has 0 amide bonds. The Morgan fingerprint density at radius 3 is 2.94 bits per heavy atom. The lowest BCUT2D eigenvalue weighted by molar-refractivity contribution is 0.204. The second-order valence-corrected chi connectivity index (χ2v) is 5.13. The molecule has 0 atom stereocenters. The van der Waals surface area contributed by atoms with Crippen LogP contribution in [0.1, 0.15) is 5.56 Å². The average Bonchev–Trinajstić information content (AvgIpc) is 2.39. The number of hydrogen-bond donors (Lipinski definition) is 0. The van der Waals surface area contributed by atoms with Gasteiger partial charge in [0.05, 0.1) is 5.69 Å². The molecule has 4 nitrogen and oxygen atoms in total. The van der Waals surface area contributed by atoms with Crippen molar-refractivity contribution in [3.05, 3.63) is 36.2 Å². The number of nitrogens with zero attached hydrogens (tertiary/aromatic N) is 3. The van der Waals surface area contributed by atoms with E-state index in [2.05, 4.69) is 40.0 Å². The molecular formula is C13H13N3OS. The Kier molecular flexibility index (Phi) is 2.93. The van der Waals surface area contributed by atoms with Crippen LogP contribution in [0.4, 0.5) is 11.5 Å². The third-order valence-electron chi connectivity index (χ3n) is 2.77. The highest BCUT2D eigenvalue weighted by Gasteiger charge is 2.25. The van der Waals surface area contributed by atoms with Gasteiger partial charge in [-0.3, -0.25) is 4.90 Å². The number of aromatic nitrogens is 2. The first kappa shape index (κ1) is 11.5. The summed E-state index contributed by atoms with van der Waals surface area (Å²) in [5, 5.41) is 0.922. The second-order valence-electron chi connectivity index (χ2n) is 4.10. The van der Waals surface area contributed by atoms with Gasteiger partial charge in [0.1, 0.15) is 11.8 Å². The lowest BCUT2D eigenvalue weighted by Crippen LogP contribution is -2.24. The molecule has 1 aliphatic rings. The Morgan fingerprint density at radius 1 is 1.28 bits per heavy atom. The van der Waals surface area contributed by atoms with Gasteiger partial charge in [-0.25, -0.2) is 9.97 Å². The average molecular weight is 259 g/mol. The molecule has 1 aliphatic heterocycles. The van der Waals surface area contributed by atoms with Crippen molar-refractivity contribution in [3.63, 3.8) is 0 Å². The molecule has 0 unspecified atom stereocenters. The van der Waals surface area contributed by atoms with Gasteiger partial charge in [-0.2, -0.15) is 0 Å². The largest absolute Gasteiger partial charge is 0.364 e. The van der Waals surface area contributed by atoms with Gasteiger partial charge < -0.3 is 4.74 Å². The molecule has 0 bridgehead atoms. The van der Waals surface area contributed by atoms with E-state index in [-0.39, 0.29) is 0 Å². The smallest absolute Gasteiger partial charge is 0.168 e. The third-order valence-corrected chi connectivity index (χ3v) is 3.82. The van der Waals surface area contributed by atoms with Gasteiger partial charge in [0.2, 0.25) is 0 Å². The zero-order valence-electron chi connectivity index (χ0n) is 10.3. The molecule has 1 aromatic heterocycles. The minimum absolute atomic E-state index is 0.475. The Balaban J connectivity index is 2.15. The maximum Gasteiger partial charge on any atom is 0.168 e. The lowest BCUT2D eigenvalue weighted by atomic mass is 10.2. The predicted molar refractivity (Wildman–Crippen MR) is 71.3 cm³/mol. The third kappa shape index (κ3) is 1.85. The van der Waals surface area contributed by atoms with Crippen molar-refractivity contribution < 1.29 is 4.74 Å². The molecule has 0 saturated heterocycles. The van der Waals surface area contributed by atoms with Crippen molar-refractivity contribution in [2.45, 2.75) is 16.8 Å². The van der Waals surface area contributed by atoms with Crippen molar-refractivity contribution >= 4 is 23.3 Å². The van der Waals surface area contributed by atoms with Gasteiger partial charge in [0, 0.05) is 24.4 Å². The van der Waals surface area contributed by atoms with Gasteiger partial charge in [-0.15, -0.1) is 0 Å². The van der Waals surface area contributed by atoms with Crippen molar-refractivity contribution in [2.24, 2.45) is 0 Å². The topological polar surface area (TPSA) is 38.2 Å². The van der Waals surface area contributed by atoms with Crippen molar-refractivity contribution in [3.8, 4) is 0 Å². The van der Waals surface area contributed by atoms with Crippen LogP contribution in [0.25, 0.3) is 0 Å². The van der Waals surface area contributed by atoms with E-state index in [1.165, 1.54) is 10.5 Å². The van der Waals surface area contributed by atoms with E-state index >= 15 is 0 Å². The van der Waals surface area contributed by atoms with Crippen LogP contribution < -0.4 is 4.90 Å². The molecule has 0 spiro atoms. The maximum atomic E-state index is 5.28. The van der Waals surface area contributed by atoms with E-state index in [9.17, 15) is 0 Å². The van der Waals surface area contributed by atoms with Gasteiger partial charge in [0.25, 0.3) is 0 Å². The number of rotatable bonds is 2. The molecule has 0 saturated carbocycles. The van der Waals surface area contributed by atoms with Crippen LogP contribution in [0, 0.1) is 6.92 Å². The molecule has 1 aromatic carbocycles. The lowest BCUT2D eigenvalue weighted by Gasteiger charge is -2.30. The minimum Gasteiger partial charge on any atom is -0.364 e. The fourth-order valence-corrected chi connectivity index (χ4v) is 2.96. The Labute approximate surface area is 110 Å². The Morgan fingerprint density at radius 2 is 2.11 bits per heavy atom. The summed E-state index contributed by atoms with van der Waals surface area (Å²) in [5.74, 6) is 0.863. The quantitative estimate of drug-likeness (QED) is 0.829. The summed E-state index contributed by atoms with van der Waals surface area (Å²) >= 11 is 1.65. The summed E-state index contributed by atoms with van der Waals surface area (Å²) in [5.41, 5.74) is 2.36. The summed E-state index contributed by atoms with van der Waals surface area (Å²) in [6, 6.07) is 6.38. The van der Waals surface area contributed by atoms with Crippen LogP contribution in [-0.2, 0) is 4.74 Å². The SMILES string of the molecule is COCN1c2cc(C)ccc2Sc2nccnc21. The first-order valence-electron chi connectivity index (χ1n) is 5.65.